The van der Waals surface area contributed by atoms with Gasteiger partial charge in [-0.05, 0) is 18.4 Å². The fraction of sp³-hybridized carbons (Fsp3) is 0.471. The van der Waals surface area contributed by atoms with Gasteiger partial charge in [0.2, 0.25) is 5.91 Å². The second kappa shape index (κ2) is 8.18. The van der Waals surface area contributed by atoms with Gasteiger partial charge in [0.15, 0.2) is 0 Å². The molecule has 0 atom stereocenters. The molecule has 2 rings (SSSR count). The number of hydrogen-bond acceptors (Lipinski definition) is 4. The first-order valence-corrected chi connectivity index (χ1v) is 7.62. The Balaban J connectivity index is 2.01. The van der Waals surface area contributed by atoms with Crippen LogP contribution in [0.15, 0.2) is 30.3 Å². The van der Waals surface area contributed by atoms with Crippen molar-refractivity contribution in [3.8, 4) is 6.07 Å². The minimum Gasteiger partial charge on any atom is -0.444 e. The molecule has 2 amide bonds. The maximum absolute atomic E-state index is 12.3. The van der Waals surface area contributed by atoms with Crippen molar-refractivity contribution in [1.29, 1.82) is 5.26 Å². The van der Waals surface area contributed by atoms with Crippen molar-refractivity contribution in [3.63, 3.8) is 0 Å². The first-order chi connectivity index (χ1) is 10.7. The van der Waals surface area contributed by atoms with Crippen LogP contribution in [0.25, 0.3) is 0 Å². The molecule has 0 saturated heterocycles. The van der Waals surface area contributed by atoms with E-state index in [1.54, 1.807) is 0 Å². The zero-order valence-corrected chi connectivity index (χ0v) is 12.5. The number of carbonyl (C=O) groups excluding carboxylic acids is 2. The van der Waals surface area contributed by atoms with E-state index in [0.717, 1.165) is 42.6 Å². The molecule has 22 heavy (non-hydrogen) atoms. The molecule has 1 aromatic carbocycles. The van der Waals surface area contributed by atoms with Gasteiger partial charge in [-0.25, -0.2) is 9.69 Å². The Morgan fingerprint density at radius 3 is 2.50 bits per heavy atom. The van der Waals surface area contributed by atoms with E-state index in [0.29, 0.717) is 0 Å². The average molecular weight is 300 g/mol. The molecular formula is C17H20N2O3. The number of amides is 2. The summed E-state index contributed by atoms with van der Waals surface area (Å²) in [7, 11) is 0. The number of nitrogens with zero attached hydrogens (tertiary/aromatic N) is 2. The first kappa shape index (κ1) is 16.0. The third-order valence-corrected chi connectivity index (χ3v) is 3.84. The second-order valence-electron chi connectivity index (χ2n) is 5.43. The number of ether oxygens (including phenoxy) is 1. The fourth-order valence-corrected chi connectivity index (χ4v) is 2.74. The van der Waals surface area contributed by atoms with Crippen LogP contribution in [0.2, 0.25) is 0 Å². The van der Waals surface area contributed by atoms with Crippen LogP contribution in [0.5, 0.6) is 0 Å². The molecule has 0 radical (unpaired) electrons. The summed E-state index contributed by atoms with van der Waals surface area (Å²) in [5, 5.41) is 8.72. The Bertz CT molecular complexity index is 545. The van der Waals surface area contributed by atoms with Gasteiger partial charge in [-0.3, -0.25) is 4.79 Å². The van der Waals surface area contributed by atoms with Crippen LogP contribution in [0, 0.1) is 11.3 Å². The normalized spacial score (nSPS) is 14.9. The highest BCUT2D eigenvalue weighted by Crippen LogP contribution is 2.24. The Kier molecular flexibility index (Phi) is 5.96. The van der Waals surface area contributed by atoms with E-state index < -0.39 is 12.0 Å². The van der Waals surface area contributed by atoms with Crippen LogP contribution in [-0.4, -0.2) is 22.9 Å². The van der Waals surface area contributed by atoms with Crippen LogP contribution in [0.1, 0.15) is 44.1 Å². The van der Waals surface area contributed by atoms with Crippen molar-refractivity contribution in [3.05, 3.63) is 35.9 Å². The lowest BCUT2D eigenvalue weighted by Crippen LogP contribution is -2.45. The van der Waals surface area contributed by atoms with Crippen molar-refractivity contribution in [2.45, 2.75) is 51.2 Å². The van der Waals surface area contributed by atoms with Gasteiger partial charge in [0.05, 0.1) is 6.07 Å². The minimum atomic E-state index is -0.643. The SMILES string of the molecule is N#CCC(=O)N(C(=O)OCc1ccccc1)C1CCCCC1. The van der Waals surface area contributed by atoms with Crippen LogP contribution in [-0.2, 0) is 16.1 Å². The van der Waals surface area contributed by atoms with E-state index in [4.69, 9.17) is 10.00 Å². The molecule has 0 bridgehead atoms. The molecule has 5 heteroatoms. The molecule has 1 aliphatic carbocycles. The molecule has 0 unspecified atom stereocenters. The van der Waals surface area contributed by atoms with E-state index >= 15 is 0 Å². The van der Waals surface area contributed by atoms with Crippen molar-refractivity contribution in [2.75, 3.05) is 0 Å². The summed E-state index contributed by atoms with van der Waals surface area (Å²) in [5.41, 5.74) is 0.868. The summed E-state index contributed by atoms with van der Waals surface area (Å²) < 4.78 is 5.27. The predicted molar refractivity (Wildman–Crippen MR) is 80.6 cm³/mol. The maximum atomic E-state index is 12.3. The lowest BCUT2D eigenvalue weighted by Gasteiger charge is -2.31. The fourth-order valence-electron chi connectivity index (χ4n) is 2.74. The van der Waals surface area contributed by atoms with Gasteiger partial charge in [0.1, 0.15) is 13.0 Å². The number of nitriles is 1. The van der Waals surface area contributed by atoms with Crippen molar-refractivity contribution < 1.29 is 14.3 Å². The van der Waals surface area contributed by atoms with Crippen LogP contribution >= 0.6 is 0 Å². The zero-order valence-electron chi connectivity index (χ0n) is 12.5. The van der Waals surface area contributed by atoms with E-state index in [1.165, 1.54) is 0 Å². The molecular weight excluding hydrogens is 280 g/mol. The lowest BCUT2D eigenvalue weighted by molar-refractivity contribution is -0.131. The van der Waals surface area contributed by atoms with E-state index in [-0.39, 0.29) is 19.1 Å². The summed E-state index contributed by atoms with van der Waals surface area (Å²) in [5.74, 6) is -0.465. The largest absolute Gasteiger partial charge is 0.444 e. The van der Waals surface area contributed by atoms with Gasteiger partial charge in [-0.15, -0.1) is 0 Å². The monoisotopic (exact) mass is 300 g/mol. The van der Waals surface area contributed by atoms with Gasteiger partial charge in [-0.1, -0.05) is 49.6 Å². The van der Waals surface area contributed by atoms with Gasteiger partial charge in [0.25, 0.3) is 0 Å². The highest BCUT2D eigenvalue weighted by Gasteiger charge is 2.31. The molecule has 1 aliphatic rings. The van der Waals surface area contributed by atoms with Crippen molar-refractivity contribution >= 4 is 12.0 Å². The Morgan fingerprint density at radius 2 is 1.86 bits per heavy atom. The lowest BCUT2D eigenvalue weighted by atomic mass is 9.94. The molecule has 5 nitrogen and oxygen atoms in total. The molecule has 0 N–H and O–H groups in total. The Hall–Kier alpha value is -2.35. The van der Waals surface area contributed by atoms with Gasteiger partial charge >= 0.3 is 6.09 Å². The topological polar surface area (TPSA) is 70.4 Å². The smallest absolute Gasteiger partial charge is 0.417 e. The Morgan fingerprint density at radius 1 is 1.18 bits per heavy atom. The Labute approximate surface area is 130 Å². The molecule has 0 spiro atoms. The van der Waals surface area contributed by atoms with E-state index in [2.05, 4.69) is 0 Å². The standard InChI is InChI=1S/C17H20N2O3/c18-12-11-16(20)19(15-9-5-2-6-10-15)17(21)22-13-14-7-3-1-4-8-14/h1,3-4,7-8,15H,2,5-6,9-11,13H2. The molecule has 116 valence electrons. The van der Waals surface area contributed by atoms with Crippen molar-refractivity contribution in [1.82, 2.24) is 4.90 Å². The van der Waals surface area contributed by atoms with E-state index in [9.17, 15) is 9.59 Å². The molecule has 1 saturated carbocycles. The molecule has 1 aromatic rings. The number of imide groups is 1. The van der Waals surface area contributed by atoms with Crippen LogP contribution in [0.4, 0.5) is 4.79 Å². The number of hydrogen-bond donors (Lipinski definition) is 0. The van der Waals surface area contributed by atoms with Gasteiger partial charge in [-0.2, -0.15) is 5.26 Å². The summed E-state index contributed by atoms with van der Waals surface area (Å²) >= 11 is 0. The molecule has 0 aromatic heterocycles. The summed E-state index contributed by atoms with van der Waals surface area (Å²) in [6.45, 7) is 0.128. The second-order valence-corrected chi connectivity index (χ2v) is 5.43. The summed E-state index contributed by atoms with van der Waals surface area (Å²) in [6, 6.07) is 11.0. The van der Waals surface area contributed by atoms with Crippen LogP contribution in [0.3, 0.4) is 0 Å². The maximum Gasteiger partial charge on any atom is 0.417 e. The van der Waals surface area contributed by atoms with Crippen molar-refractivity contribution in [2.24, 2.45) is 0 Å². The highest BCUT2D eigenvalue weighted by molar-refractivity contribution is 5.93. The van der Waals surface area contributed by atoms with Crippen LogP contribution < -0.4 is 0 Å². The molecule has 0 aliphatic heterocycles. The highest BCUT2D eigenvalue weighted by atomic mass is 16.6. The quantitative estimate of drug-likeness (QED) is 0.854. The number of rotatable bonds is 4. The number of benzene rings is 1. The summed E-state index contributed by atoms with van der Waals surface area (Å²) in [4.78, 5) is 25.6. The first-order valence-electron chi connectivity index (χ1n) is 7.62. The predicted octanol–water partition coefficient (Wildman–Crippen LogP) is 3.40. The number of carbonyl (C=O) groups is 2. The zero-order chi connectivity index (χ0) is 15.8. The van der Waals surface area contributed by atoms with Gasteiger partial charge < -0.3 is 4.74 Å². The average Bonchev–Trinajstić information content (AvgIpc) is 2.55. The van der Waals surface area contributed by atoms with Gasteiger partial charge in [0, 0.05) is 6.04 Å². The van der Waals surface area contributed by atoms with E-state index in [1.807, 2.05) is 36.4 Å². The molecule has 1 fully saturated rings. The summed E-state index contributed by atoms with van der Waals surface area (Å²) in [6.07, 6.45) is 3.75. The third kappa shape index (κ3) is 4.32. The third-order valence-electron chi connectivity index (χ3n) is 3.84. The minimum absolute atomic E-state index is 0.128. The molecule has 0 heterocycles.